The Hall–Kier alpha value is -1.59. The highest BCUT2D eigenvalue weighted by Crippen LogP contribution is 2.60. The smallest absolute Gasteiger partial charge is 0.224 e. The van der Waals surface area contributed by atoms with Gasteiger partial charge in [0.15, 0.2) is 0 Å². The molecule has 1 saturated heterocycles. The van der Waals surface area contributed by atoms with Crippen molar-refractivity contribution in [3.8, 4) is 5.75 Å². The normalized spacial score (nSPS) is 29.6. The molecular weight excluding hydrogens is 316 g/mol. The largest absolute Gasteiger partial charge is 0.493 e. The summed E-state index contributed by atoms with van der Waals surface area (Å²) in [6.07, 6.45) is 3.98. The number of piperidine rings is 1. The number of para-hydroxylation sites is 1. The Morgan fingerprint density at radius 1 is 1.32 bits per heavy atom. The van der Waals surface area contributed by atoms with Crippen LogP contribution in [0.4, 0.5) is 0 Å². The number of carbonyl (C=O) groups excluding carboxylic acids is 1. The molecule has 1 amide bonds. The second kappa shape index (κ2) is 6.61. The molecule has 2 aliphatic heterocycles. The highest BCUT2D eigenvalue weighted by atomic mass is 16.5. The van der Waals surface area contributed by atoms with E-state index in [0.717, 1.165) is 44.5 Å². The molecule has 1 aromatic carbocycles. The topological polar surface area (TPSA) is 59.6 Å². The predicted molar refractivity (Wildman–Crippen MR) is 95.8 cm³/mol. The van der Waals surface area contributed by atoms with Crippen molar-refractivity contribution < 1.29 is 14.3 Å². The van der Waals surface area contributed by atoms with E-state index < -0.39 is 0 Å². The Morgan fingerprint density at radius 2 is 2.12 bits per heavy atom. The van der Waals surface area contributed by atoms with Gasteiger partial charge < -0.3 is 20.1 Å². The molecule has 2 heterocycles. The minimum absolute atomic E-state index is 0.00146. The molecule has 2 N–H and O–H groups in total. The van der Waals surface area contributed by atoms with Gasteiger partial charge in [-0.25, -0.2) is 0 Å². The molecule has 1 saturated carbocycles. The summed E-state index contributed by atoms with van der Waals surface area (Å²) >= 11 is 0. The molecule has 0 aromatic heterocycles. The first-order chi connectivity index (χ1) is 12.2. The van der Waals surface area contributed by atoms with Gasteiger partial charge in [-0.2, -0.15) is 0 Å². The fraction of sp³-hybridized carbons (Fsp3) is 0.650. The van der Waals surface area contributed by atoms with Crippen LogP contribution < -0.4 is 15.4 Å². The van der Waals surface area contributed by atoms with E-state index >= 15 is 0 Å². The van der Waals surface area contributed by atoms with E-state index in [2.05, 4.69) is 16.7 Å². The summed E-state index contributed by atoms with van der Waals surface area (Å²) in [6, 6.07) is 8.19. The lowest BCUT2D eigenvalue weighted by molar-refractivity contribution is -0.123. The zero-order chi connectivity index (χ0) is 17.3. The van der Waals surface area contributed by atoms with Gasteiger partial charge in [0.05, 0.1) is 13.2 Å². The van der Waals surface area contributed by atoms with Gasteiger partial charge in [-0.15, -0.1) is 0 Å². The zero-order valence-corrected chi connectivity index (χ0v) is 15.0. The maximum absolute atomic E-state index is 12.9. The first-order valence-corrected chi connectivity index (χ1v) is 9.39. The number of hydrogen-bond donors (Lipinski definition) is 2. The van der Waals surface area contributed by atoms with Gasteiger partial charge in [0, 0.05) is 36.0 Å². The van der Waals surface area contributed by atoms with E-state index in [0.29, 0.717) is 19.8 Å². The fourth-order valence-electron chi connectivity index (χ4n) is 4.74. The maximum Gasteiger partial charge on any atom is 0.224 e. The molecule has 4 rings (SSSR count). The lowest BCUT2D eigenvalue weighted by atomic mass is 9.79. The summed E-state index contributed by atoms with van der Waals surface area (Å²) in [4.78, 5) is 12.9. The summed E-state index contributed by atoms with van der Waals surface area (Å²) < 4.78 is 11.2. The van der Waals surface area contributed by atoms with E-state index in [9.17, 15) is 4.79 Å². The molecule has 3 aliphatic rings. The number of amides is 1. The van der Waals surface area contributed by atoms with E-state index in [4.69, 9.17) is 9.47 Å². The predicted octanol–water partition coefficient (Wildman–Crippen LogP) is 1.86. The van der Waals surface area contributed by atoms with Crippen molar-refractivity contribution in [1.29, 1.82) is 0 Å². The van der Waals surface area contributed by atoms with Gasteiger partial charge in [0.25, 0.3) is 0 Å². The standard InChI is InChI=1S/C20H28N2O3/c1-24-14-19(6-9-21-10-7-19)13-22-18(23)16-12-20(16)8-11-25-17-5-3-2-4-15(17)20/h2-5,16,21H,6-14H2,1H3,(H,22,23). The van der Waals surface area contributed by atoms with Crippen LogP contribution in [0.3, 0.4) is 0 Å². The molecule has 0 bridgehead atoms. The molecule has 25 heavy (non-hydrogen) atoms. The number of carbonyl (C=O) groups is 1. The summed E-state index contributed by atoms with van der Waals surface area (Å²) in [6.45, 7) is 4.13. The van der Waals surface area contributed by atoms with Gasteiger partial charge in [0.2, 0.25) is 5.91 Å². The van der Waals surface area contributed by atoms with E-state index in [1.165, 1.54) is 5.56 Å². The van der Waals surface area contributed by atoms with Gasteiger partial charge in [-0.3, -0.25) is 4.79 Å². The SMILES string of the molecule is COCC1(CNC(=O)C2CC23CCOc2ccccc23)CCNCC1. The van der Waals surface area contributed by atoms with Crippen LogP contribution in [0.25, 0.3) is 0 Å². The summed E-state index contributed by atoms with van der Waals surface area (Å²) in [7, 11) is 1.75. The van der Waals surface area contributed by atoms with E-state index in [1.807, 2.05) is 18.2 Å². The van der Waals surface area contributed by atoms with Crippen molar-refractivity contribution in [1.82, 2.24) is 10.6 Å². The van der Waals surface area contributed by atoms with Crippen LogP contribution in [0, 0.1) is 11.3 Å². The number of methoxy groups -OCH3 is 1. The summed E-state index contributed by atoms with van der Waals surface area (Å²) in [5.41, 5.74) is 1.29. The van der Waals surface area contributed by atoms with Gasteiger partial charge in [0.1, 0.15) is 5.75 Å². The van der Waals surface area contributed by atoms with Crippen molar-refractivity contribution in [2.24, 2.45) is 11.3 Å². The minimum atomic E-state index is 0.00146. The molecule has 1 aliphatic carbocycles. The van der Waals surface area contributed by atoms with Crippen molar-refractivity contribution in [2.75, 3.05) is 40.0 Å². The molecule has 5 nitrogen and oxygen atoms in total. The second-order valence-electron chi connectivity index (χ2n) is 7.91. The number of fused-ring (bicyclic) bond motifs is 2. The third-order valence-electron chi connectivity index (χ3n) is 6.37. The van der Waals surface area contributed by atoms with Crippen LogP contribution in [-0.4, -0.2) is 45.9 Å². The maximum atomic E-state index is 12.9. The molecule has 0 radical (unpaired) electrons. The Bertz CT molecular complexity index is 636. The van der Waals surface area contributed by atoms with Gasteiger partial charge >= 0.3 is 0 Å². The first kappa shape index (κ1) is 16.9. The lowest BCUT2D eigenvalue weighted by Gasteiger charge is -2.37. The number of rotatable bonds is 5. The summed E-state index contributed by atoms with van der Waals surface area (Å²) in [5, 5.41) is 6.65. The van der Waals surface area contributed by atoms with Crippen molar-refractivity contribution in [2.45, 2.75) is 31.1 Å². The first-order valence-electron chi connectivity index (χ1n) is 9.39. The quantitative estimate of drug-likeness (QED) is 0.856. The molecule has 2 unspecified atom stereocenters. The number of benzene rings is 1. The van der Waals surface area contributed by atoms with Crippen molar-refractivity contribution in [3.63, 3.8) is 0 Å². The van der Waals surface area contributed by atoms with Gasteiger partial charge in [-0.1, -0.05) is 18.2 Å². The Balaban J connectivity index is 1.42. The monoisotopic (exact) mass is 344 g/mol. The highest BCUT2D eigenvalue weighted by molar-refractivity contribution is 5.85. The van der Waals surface area contributed by atoms with Crippen molar-refractivity contribution >= 4 is 5.91 Å². The third-order valence-corrected chi connectivity index (χ3v) is 6.37. The van der Waals surface area contributed by atoms with Crippen molar-refractivity contribution in [3.05, 3.63) is 29.8 Å². The summed E-state index contributed by atoms with van der Waals surface area (Å²) in [5.74, 6) is 1.24. The minimum Gasteiger partial charge on any atom is -0.493 e. The Kier molecular flexibility index (Phi) is 4.46. The Morgan fingerprint density at radius 3 is 2.92 bits per heavy atom. The number of hydrogen-bond acceptors (Lipinski definition) is 4. The average Bonchev–Trinajstić information content (AvgIpc) is 3.36. The molecule has 1 spiro atoms. The molecule has 2 atom stereocenters. The fourth-order valence-corrected chi connectivity index (χ4v) is 4.74. The van der Waals surface area contributed by atoms with E-state index in [1.54, 1.807) is 7.11 Å². The molecule has 5 heteroatoms. The van der Waals surface area contributed by atoms with Crippen LogP contribution in [0.1, 0.15) is 31.2 Å². The molecule has 2 fully saturated rings. The van der Waals surface area contributed by atoms with Crippen LogP contribution >= 0.6 is 0 Å². The lowest BCUT2D eigenvalue weighted by Crippen LogP contribution is -2.47. The molecule has 1 aromatic rings. The van der Waals surface area contributed by atoms with Crippen LogP contribution in [0.15, 0.2) is 24.3 Å². The molecule has 136 valence electrons. The third kappa shape index (κ3) is 3.04. The second-order valence-corrected chi connectivity index (χ2v) is 7.91. The number of nitrogens with one attached hydrogen (secondary N) is 2. The zero-order valence-electron chi connectivity index (χ0n) is 15.0. The van der Waals surface area contributed by atoms with Crippen LogP contribution in [0.2, 0.25) is 0 Å². The Labute approximate surface area is 149 Å². The van der Waals surface area contributed by atoms with E-state index in [-0.39, 0.29) is 22.7 Å². The average molecular weight is 344 g/mol. The highest BCUT2D eigenvalue weighted by Gasteiger charge is 2.61. The van der Waals surface area contributed by atoms with Crippen LogP contribution in [0.5, 0.6) is 5.75 Å². The molecular formula is C20H28N2O3. The number of ether oxygens (including phenoxy) is 2. The van der Waals surface area contributed by atoms with Gasteiger partial charge in [-0.05, 0) is 44.8 Å². The van der Waals surface area contributed by atoms with Crippen LogP contribution in [-0.2, 0) is 14.9 Å².